The van der Waals surface area contributed by atoms with Crippen LogP contribution in [0.5, 0.6) is 0 Å². The molecule has 1 aromatic carbocycles. The topological polar surface area (TPSA) is 79.4 Å². The monoisotopic (exact) mass is 373 g/mol. The second-order valence-electron chi connectivity index (χ2n) is 6.68. The Kier molecular flexibility index (Phi) is 5.27. The summed E-state index contributed by atoms with van der Waals surface area (Å²) in [5.41, 5.74) is 3.35. The summed E-state index contributed by atoms with van der Waals surface area (Å²) in [5, 5.41) is 2.88. The minimum atomic E-state index is -2.93. The number of amides is 1. The Labute approximate surface area is 154 Å². The lowest BCUT2D eigenvalue weighted by Gasteiger charge is -2.25. The second-order valence-corrected chi connectivity index (χ2v) is 8.91. The van der Waals surface area contributed by atoms with Crippen molar-refractivity contribution in [3.05, 3.63) is 59.4 Å². The van der Waals surface area contributed by atoms with Crippen LogP contribution in [0.15, 0.2) is 42.6 Å². The number of benzene rings is 1. The molecule has 2 heterocycles. The predicted octanol–water partition coefficient (Wildman–Crippen LogP) is 1.94. The number of pyridine rings is 1. The predicted molar refractivity (Wildman–Crippen MR) is 102 cm³/mol. The van der Waals surface area contributed by atoms with Crippen LogP contribution in [0, 0.1) is 6.92 Å². The zero-order valence-corrected chi connectivity index (χ0v) is 15.8. The van der Waals surface area contributed by atoms with Crippen molar-refractivity contribution in [1.82, 2.24) is 10.3 Å². The van der Waals surface area contributed by atoms with E-state index >= 15 is 0 Å². The molecule has 0 spiro atoms. The maximum Gasteiger partial charge on any atom is 0.270 e. The van der Waals surface area contributed by atoms with Crippen LogP contribution in [-0.2, 0) is 16.4 Å². The van der Waals surface area contributed by atoms with Gasteiger partial charge in [0.2, 0.25) is 0 Å². The van der Waals surface area contributed by atoms with Crippen molar-refractivity contribution < 1.29 is 13.2 Å². The van der Waals surface area contributed by atoms with Crippen molar-refractivity contribution in [3.63, 3.8) is 0 Å². The molecule has 1 amide bonds. The molecular weight excluding hydrogens is 350 g/mol. The van der Waals surface area contributed by atoms with E-state index in [4.69, 9.17) is 0 Å². The maximum atomic E-state index is 12.3. The highest BCUT2D eigenvalue weighted by atomic mass is 32.2. The summed E-state index contributed by atoms with van der Waals surface area (Å²) in [4.78, 5) is 18.4. The van der Waals surface area contributed by atoms with Gasteiger partial charge in [-0.3, -0.25) is 4.79 Å². The average molecular weight is 373 g/mol. The Morgan fingerprint density at radius 1 is 1.27 bits per heavy atom. The molecule has 0 saturated carbocycles. The standard InChI is InChI=1S/C19H23N3O3S/c1-14-5-3-4-6-15(14)11-21-19(23)18-8-7-16(12-20-18)22(2)17-9-10-26(24,25)13-17/h3-8,12,17H,9-11,13H2,1-2H3,(H,21,23). The highest BCUT2D eigenvalue weighted by Crippen LogP contribution is 2.22. The summed E-state index contributed by atoms with van der Waals surface area (Å²) in [6.45, 7) is 2.46. The van der Waals surface area contributed by atoms with Crippen LogP contribution in [0.4, 0.5) is 5.69 Å². The van der Waals surface area contributed by atoms with Crippen molar-refractivity contribution in [1.29, 1.82) is 0 Å². The Hall–Kier alpha value is -2.41. The summed E-state index contributed by atoms with van der Waals surface area (Å²) in [6.07, 6.45) is 2.24. The number of hydrogen-bond acceptors (Lipinski definition) is 5. The number of carbonyl (C=O) groups excluding carboxylic acids is 1. The molecule has 1 unspecified atom stereocenters. The highest BCUT2D eigenvalue weighted by molar-refractivity contribution is 7.91. The quantitative estimate of drug-likeness (QED) is 0.866. The average Bonchev–Trinajstić information content (AvgIpc) is 3.00. The zero-order valence-electron chi connectivity index (χ0n) is 15.0. The van der Waals surface area contributed by atoms with Crippen molar-refractivity contribution in [2.75, 3.05) is 23.5 Å². The fourth-order valence-corrected chi connectivity index (χ4v) is 4.87. The smallest absolute Gasteiger partial charge is 0.270 e. The fraction of sp³-hybridized carbons (Fsp3) is 0.368. The molecule has 6 nitrogen and oxygen atoms in total. The molecule has 1 aliphatic heterocycles. The van der Waals surface area contributed by atoms with Crippen LogP contribution < -0.4 is 10.2 Å². The highest BCUT2D eigenvalue weighted by Gasteiger charge is 2.30. The normalized spacial score (nSPS) is 18.5. The van der Waals surface area contributed by atoms with Gasteiger partial charge >= 0.3 is 0 Å². The zero-order chi connectivity index (χ0) is 18.7. The van der Waals surface area contributed by atoms with Gasteiger partial charge in [0.15, 0.2) is 9.84 Å². The van der Waals surface area contributed by atoms with E-state index < -0.39 is 9.84 Å². The minimum absolute atomic E-state index is 0.0393. The molecule has 1 N–H and O–H groups in total. The molecule has 0 aliphatic carbocycles. The SMILES string of the molecule is Cc1ccccc1CNC(=O)c1ccc(N(C)C2CCS(=O)(=O)C2)cn1. The first-order valence-corrected chi connectivity index (χ1v) is 10.4. The van der Waals surface area contributed by atoms with E-state index in [2.05, 4.69) is 10.3 Å². The largest absolute Gasteiger partial charge is 0.369 e. The number of rotatable bonds is 5. The summed E-state index contributed by atoms with van der Waals surface area (Å²) in [7, 11) is -1.07. The van der Waals surface area contributed by atoms with Gasteiger partial charge in [-0.2, -0.15) is 0 Å². The number of aromatic nitrogens is 1. The molecule has 0 radical (unpaired) electrons. The molecule has 1 saturated heterocycles. The first kappa shape index (κ1) is 18.4. The van der Waals surface area contributed by atoms with Crippen LogP contribution in [-0.4, -0.2) is 43.9 Å². The van der Waals surface area contributed by atoms with Gasteiger partial charge in [0.05, 0.1) is 23.4 Å². The number of anilines is 1. The molecule has 1 aromatic heterocycles. The van der Waals surface area contributed by atoms with Gasteiger partial charge in [-0.1, -0.05) is 24.3 Å². The number of hydrogen-bond donors (Lipinski definition) is 1. The van der Waals surface area contributed by atoms with Gasteiger partial charge in [-0.15, -0.1) is 0 Å². The third-order valence-corrected chi connectivity index (χ3v) is 6.59. The molecule has 7 heteroatoms. The third-order valence-electron chi connectivity index (χ3n) is 4.84. The number of aryl methyl sites for hydroxylation is 1. The third kappa shape index (κ3) is 4.22. The Morgan fingerprint density at radius 2 is 2.04 bits per heavy atom. The van der Waals surface area contributed by atoms with Gasteiger partial charge < -0.3 is 10.2 Å². The van der Waals surface area contributed by atoms with Gasteiger partial charge in [0.1, 0.15) is 5.69 Å². The van der Waals surface area contributed by atoms with Crippen LogP contribution >= 0.6 is 0 Å². The van der Waals surface area contributed by atoms with Gasteiger partial charge in [0, 0.05) is 19.6 Å². The lowest BCUT2D eigenvalue weighted by Crippen LogP contribution is -2.32. The molecule has 138 valence electrons. The molecule has 1 fully saturated rings. The van der Waals surface area contributed by atoms with Crippen LogP contribution in [0.3, 0.4) is 0 Å². The van der Waals surface area contributed by atoms with E-state index in [1.807, 2.05) is 43.1 Å². The fourth-order valence-electron chi connectivity index (χ4n) is 3.10. The number of nitrogens with zero attached hydrogens (tertiary/aromatic N) is 2. The lowest BCUT2D eigenvalue weighted by atomic mass is 10.1. The first-order valence-electron chi connectivity index (χ1n) is 8.58. The maximum absolute atomic E-state index is 12.3. The molecule has 0 bridgehead atoms. The van der Waals surface area contributed by atoms with Gasteiger partial charge in [0.25, 0.3) is 5.91 Å². The molecule has 26 heavy (non-hydrogen) atoms. The van der Waals surface area contributed by atoms with E-state index in [1.165, 1.54) is 0 Å². The molecule has 2 aromatic rings. The van der Waals surface area contributed by atoms with Crippen molar-refractivity contribution in [2.45, 2.75) is 25.9 Å². The summed E-state index contributed by atoms with van der Waals surface area (Å²) >= 11 is 0. The van der Waals surface area contributed by atoms with Gasteiger partial charge in [-0.25, -0.2) is 13.4 Å². The van der Waals surface area contributed by atoms with E-state index in [0.717, 1.165) is 16.8 Å². The molecule has 3 rings (SSSR count). The number of carbonyl (C=O) groups is 1. The Balaban J connectivity index is 1.62. The summed E-state index contributed by atoms with van der Waals surface area (Å²) in [6, 6.07) is 11.3. The number of sulfone groups is 1. The minimum Gasteiger partial charge on any atom is -0.369 e. The Morgan fingerprint density at radius 3 is 2.65 bits per heavy atom. The van der Waals surface area contributed by atoms with Crippen molar-refractivity contribution in [2.24, 2.45) is 0 Å². The second kappa shape index (κ2) is 7.45. The van der Waals surface area contributed by atoms with E-state index in [9.17, 15) is 13.2 Å². The van der Waals surface area contributed by atoms with Crippen LogP contribution in [0.1, 0.15) is 28.0 Å². The number of nitrogens with one attached hydrogen (secondary N) is 1. The first-order chi connectivity index (χ1) is 12.4. The molecule has 1 atom stereocenters. The summed E-state index contributed by atoms with van der Waals surface area (Å²) in [5.74, 6) is 0.169. The van der Waals surface area contributed by atoms with E-state index in [0.29, 0.717) is 18.7 Å². The van der Waals surface area contributed by atoms with E-state index in [1.54, 1.807) is 18.3 Å². The van der Waals surface area contributed by atoms with E-state index in [-0.39, 0.29) is 23.5 Å². The van der Waals surface area contributed by atoms with Crippen molar-refractivity contribution >= 4 is 21.4 Å². The molecule has 1 aliphatic rings. The van der Waals surface area contributed by atoms with Gasteiger partial charge in [-0.05, 0) is 36.6 Å². The molecular formula is C19H23N3O3S. The van der Waals surface area contributed by atoms with Crippen molar-refractivity contribution in [3.8, 4) is 0 Å². The lowest BCUT2D eigenvalue weighted by molar-refractivity contribution is 0.0946. The Bertz CT molecular complexity index is 895. The van der Waals surface area contributed by atoms with Crippen LogP contribution in [0.2, 0.25) is 0 Å². The summed E-state index contributed by atoms with van der Waals surface area (Å²) < 4.78 is 23.3. The van der Waals surface area contributed by atoms with Crippen LogP contribution in [0.25, 0.3) is 0 Å².